The quantitative estimate of drug-likeness (QED) is 0.318. The number of fused-ring (bicyclic) bond motifs is 2. The number of nitrogens with one attached hydrogen (secondary N) is 2. The molecule has 1 fully saturated rings. The Balaban J connectivity index is 1.14. The Morgan fingerprint density at radius 2 is 1.89 bits per heavy atom. The molecular weight excluding hydrogens is 466 g/mol. The van der Waals surface area contributed by atoms with E-state index < -0.39 is 5.79 Å². The standard InChI is InChI=1S/C25H23N5O4S/c31-21(27-16-9-10-19-20(13-16)34-25(33-19)11-5-2-6-12-25)15-35-24-28-22-18(23(32)29-24)14-26-30(22)17-7-3-1-4-8-17/h1,3-4,7-10,13-14H,2,5-6,11-12,15H2,(H,27,31)(H,28,29,32). The number of aromatic nitrogens is 4. The second-order valence-electron chi connectivity index (χ2n) is 8.67. The number of anilines is 1. The summed E-state index contributed by atoms with van der Waals surface area (Å²) in [6, 6.07) is 14.9. The molecule has 6 rings (SSSR count). The second-order valence-corrected chi connectivity index (χ2v) is 9.64. The van der Waals surface area contributed by atoms with Gasteiger partial charge in [0.15, 0.2) is 22.3 Å². The van der Waals surface area contributed by atoms with Gasteiger partial charge in [-0.25, -0.2) is 9.67 Å². The number of carbonyl (C=O) groups excluding carboxylic acids is 1. The largest absolute Gasteiger partial charge is 0.448 e. The van der Waals surface area contributed by atoms with Crippen molar-refractivity contribution >= 4 is 34.4 Å². The maximum atomic E-state index is 12.6. The summed E-state index contributed by atoms with van der Waals surface area (Å²) < 4.78 is 13.8. The predicted molar refractivity (Wildman–Crippen MR) is 132 cm³/mol. The fourth-order valence-electron chi connectivity index (χ4n) is 4.52. The number of ether oxygens (including phenoxy) is 2. The number of benzene rings is 2. The number of rotatable bonds is 5. The highest BCUT2D eigenvalue weighted by Crippen LogP contribution is 2.46. The lowest BCUT2D eigenvalue weighted by Gasteiger charge is -2.31. The van der Waals surface area contributed by atoms with Gasteiger partial charge in [-0.3, -0.25) is 9.59 Å². The van der Waals surface area contributed by atoms with Gasteiger partial charge in [0.2, 0.25) is 5.91 Å². The van der Waals surface area contributed by atoms with Gasteiger partial charge >= 0.3 is 0 Å². The highest BCUT2D eigenvalue weighted by molar-refractivity contribution is 7.99. The Bertz CT molecular complexity index is 1460. The van der Waals surface area contributed by atoms with Crippen molar-refractivity contribution in [1.82, 2.24) is 19.7 Å². The molecule has 0 bridgehead atoms. The van der Waals surface area contributed by atoms with Crippen LogP contribution in [0.5, 0.6) is 11.5 Å². The lowest BCUT2D eigenvalue weighted by Crippen LogP contribution is -2.40. The van der Waals surface area contributed by atoms with Crippen LogP contribution in [0, 0.1) is 0 Å². The Morgan fingerprint density at radius 3 is 2.71 bits per heavy atom. The van der Waals surface area contributed by atoms with E-state index in [4.69, 9.17) is 9.47 Å². The molecule has 1 saturated carbocycles. The number of para-hydroxylation sites is 1. The van der Waals surface area contributed by atoms with Gasteiger partial charge in [0.1, 0.15) is 5.39 Å². The van der Waals surface area contributed by atoms with E-state index in [1.54, 1.807) is 16.8 Å². The summed E-state index contributed by atoms with van der Waals surface area (Å²) >= 11 is 1.15. The fraction of sp³-hybridized carbons (Fsp3) is 0.280. The first kappa shape index (κ1) is 21.7. The fourth-order valence-corrected chi connectivity index (χ4v) is 5.18. The summed E-state index contributed by atoms with van der Waals surface area (Å²) in [7, 11) is 0. The van der Waals surface area contributed by atoms with Crippen molar-refractivity contribution in [3.63, 3.8) is 0 Å². The molecule has 0 radical (unpaired) electrons. The molecule has 178 valence electrons. The number of nitrogens with zero attached hydrogens (tertiary/aromatic N) is 3. The van der Waals surface area contributed by atoms with Gasteiger partial charge in [-0.05, 0) is 37.1 Å². The van der Waals surface area contributed by atoms with Gasteiger partial charge in [0, 0.05) is 24.6 Å². The monoisotopic (exact) mass is 489 g/mol. The zero-order chi connectivity index (χ0) is 23.8. The zero-order valence-corrected chi connectivity index (χ0v) is 19.6. The molecule has 9 nitrogen and oxygen atoms in total. The summed E-state index contributed by atoms with van der Waals surface area (Å²) in [6.07, 6.45) is 6.61. The molecule has 2 aromatic heterocycles. The molecule has 2 N–H and O–H groups in total. The molecule has 2 aliphatic rings. The first-order valence-corrected chi connectivity index (χ1v) is 12.6. The van der Waals surface area contributed by atoms with Crippen molar-refractivity contribution in [1.29, 1.82) is 0 Å². The average Bonchev–Trinajstić information content (AvgIpc) is 3.45. The highest BCUT2D eigenvalue weighted by Gasteiger charge is 2.42. The minimum atomic E-state index is -0.554. The van der Waals surface area contributed by atoms with E-state index in [-0.39, 0.29) is 17.2 Å². The molecule has 3 heterocycles. The molecule has 4 aromatic rings. The Hall–Kier alpha value is -3.79. The van der Waals surface area contributed by atoms with Crippen molar-refractivity contribution < 1.29 is 14.3 Å². The normalized spacial score (nSPS) is 16.0. The van der Waals surface area contributed by atoms with Crippen LogP contribution in [-0.2, 0) is 4.79 Å². The van der Waals surface area contributed by atoms with Crippen molar-refractivity contribution in [2.45, 2.75) is 43.0 Å². The molecule has 0 atom stereocenters. The predicted octanol–water partition coefficient (Wildman–Crippen LogP) is 4.27. The second kappa shape index (κ2) is 8.77. The Morgan fingerprint density at radius 1 is 1.09 bits per heavy atom. The van der Waals surface area contributed by atoms with Crippen LogP contribution < -0.4 is 20.3 Å². The SMILES string of the molecule is O=C(CSc1nc2c(cnn2-c2ccccc2)c(=O)[nH]1)Nc1ccc2c(c1)OC1(CCCCC1)O2. The third kappa shape index (κ3) is 4.25. The number of amides is 1. The number of hydrogen-bond donors (Lipinski definition) is 2. The minimum Gasteiger partial charge on any atom is -0.448 e. The zero-order valence-electron chi connectivity index (χ0n) is 18.8. The van der Waals surface area contributed by atoms with Crippen LogP contribution in [0.15, 0.2) is 64.7 Å². The maximum Gasteiger partial charge on any atom is 0.262 e. The van der Waals surface area contributed by atoms with E-state index in [0.29, 0.717) is 33.4 Å². The van der Waals surface area contributed by atoms with Crippen LogP contribution in [0.3, 0.4) is 0 Å². The van der Waals surface area contributed by atoms with Crippen LogP contribution in [0.2, 0.25) is 0 Å². The molecule has 1 spiro atoms. The van der Waals surface area contributed by atoms with E-state index in [9.17, 15) is 9.59 Å². The third-order valence-electron chi connectivity index (χ3n) is 6.19. The molecule has 0 saturated heterocycles. The smallest absolute Gasteiger partial charge is 0.262 e. The number of hydrogen-bond acceptors (Lipinski definition) is 7. The summed E-state index contributed by atoms with van der Waals surface area (Å²) in [4.78, 5) is 32.4. The van der Waals surface area contributed by atoms with E-state index in [0.717, 1.165) is 43.1 Å². The van der Waals surface area contributed by atoms with Gasteiger partial charge in [-0.1, -0.05) is 36.4 Å². The minimum absolute atomic E-state index is 0.0757. The maximum absolute atomic E-state index is 12.6. The van der Waals surface area contributed by atoms with Crippen LogP contribution in [0.4, 0.5) is 5.69 Å². The van der Waals surface area contributed by atoms with Crippen molar-refractivity contribution in [2.75, 3.05) is 11.1 Å². The molecule has 10 heteroatoms. The molecule has 1 aliphatic carbocycles. The van der Waals surface area contributed by atoms with Crippen LogP contribution >= 0.6 is 11.8 Å². The lowest BCUT2D eigenvalue weighted by atomic mass is 9.94. The first-order chi connectivity index (χ1) is 17.1. The van der Waals surface area contributed by atoms with E-state index >= 15 is 0 Å². The molecule has 35 heavy (non-hydrogen) atoms. The topological polar surface area (TPSA) is 111 Å². The van der Waals surface area contributed by atoms with Crippen molar-refractivity contribution in [2.24, 2.45) is 0 Å². The van der Waals surface area contributed by atoms with Gasteiger partial charge in [0.25, 0.3) is 11.3 Å². The van der Waals surface area contributed by atoms with E-state index in [1.807, 2.05) is 36.4 Å². The van der Waals surface area contributed by atoms with Crippen molar-refractivity contribution in [3.05, 3.63) is 65.1 Å². The molecule has 0 unspecified atom stereocenters. The van der Waals surface area contributed by atoms with Crippen molar-refractivity contribution in [3.8, 4) is 17.2 Å². The average molecular weight is 490 g/mol. The number of H-pyrrole nitrogens is 1. The summed E-state index contributed by atoms with van der Waals surface area (Å²) in [5, 5.41) is 7.92. The van der Waals surface area contributed by atoms with E-state index in [2.05, 4.69) is 20.4 Å². The van der Waals surface area contributed by atoms with Crippen LogP contribution in [0.25, 0.3) is 16.7 Å². The lowest BCUT2D eigenvalue weighted by molar-refractivity contribution is -0.113. The summed E-state index contributed by atoms with van der Waals surface area (Å²) in [5.41, 5.74) is 1.57. The van der Waals surface area contributed by atoms with E-state index in [1.165, 1.54) is 12.6 Å². The molecule has 2 aromatic carbocycles. The summed E-state index contributed by atoms with van der Waals surface area (Å²) in [6.45, 7) is 0. The number of carbonyl (C=O) groups is 1. The van der Waals surface area contributed by atoms with Crippen LogP contribution in [0.1, 0.15) is 32.1 Å². The first-order valence-electron chi connectivity index (χ1n) is 11.6. The summed E-state index contributed by atoms with van der Waals surface area (Å²) in [5.74, 6) is 0.668. The van der Waals surface area contributed by atoms with Gasteiger partial charge in [-0.15, -0.1) is 0 Å². The van der Waals surface area contributed by atoms with Gasteiger partial charge in [-0.2, -0.15) is 5.10 Å². The molecule has 1 aliphatic heterocycles. The van der Waals surface area contributed by atoms with Crippen LogP contribution in [-0.4, -0.2) is 37.2 Å². The number of aromatic amines is 1. The molecular formula is C25H23N5O4S. The number of thioether (sulfide) groups is 1. The van der Waals surface area contributed by atoms with Gasteiger partial charge < -0.3 is 19.8 Å². The Kier molecular flexibility index (Phi) is 5.44. The Labute approximate surface area is 204 Å². The molecule has 1 amide bonds. The third-order valence-corrected chi connectivity index (χ3v) is 7.07. The highest BCUT2D eigenvalue weighted by atomic mass is 32.2. The van der Waals surface area contributed by atoms with Gasteiger partial charge in [0.05, 0.1) is 17.6 Å².